The number of thiophene rings is 1. The number of anilines is 3. The van der Waals surface area contributed by atoms with Gasteiger partial charge in [-0.3, -0.25) is 0 Å². The summed E-state index contributed by atoms with van der Waals surface area (Å²) < 4.78 is 2.64. The van der Waals surface area contributed by atoms with Crippen molar-refractivity contribution in [3.63, 3.8) is 0 Å². The van der Waals surface area contributed by atoms with Crippen LogP contribution < -0.4 is 4.90 Å². The van der Waals surface area contributed by atoms with E-state index in [0.717, 1.165) is 11.8 Å². The second kappa shape index (κ2) is 13.2. The molecule has 15 rings (SSSR count). The van der Waals surface area contributed by atoms with Gasteiger partial charge in [0.05, 0.1) is 11.4 Å². The molecule has 0 aliphatic heterocycles. The second-order valence-corrected chi connectivity index (χ2v) is 21.1. The van der Waals surface area contributed by atoms with Gasteiger partial charge in [0.25, 0.3) is 0 Å². The standard InChI is InChI=1S/C61H49NS/c1-60(2)50-16-8-6-14-48(50)58-51(60)17-10-18-54(58)62(55-19-11-21-57-59(55)49-15-7-9-20-56(49)63-57)45-26-22-40(23-27-45)42-25-29-47-46-28-24-41(39-12-4-3-5-13-39)35-52(46)61(53(47)36-42)43-31-37-30-38(33-43)34-44(61)32-37/h3-29,35-38,43-44H,30-34H2,1-2H3. The van der Waals surface area contributed by atoms with E-state index in [1.807, 2.05) is 11.3 Å². The van der Waals surface area contributed by atoms with Crippen molar-refractivity contribution in [2.45, 2.75) is 56.8 Å². The number of hydrogen-bond acceptors (Lipinski definition) is 2. The molecule has 0 unspecified atom stereocenters. The van der Waals surface area contributed by atoms with Crippen molar-refractivity contribution in [1.82, 2.24) is 0 Å². The Hall–Kier alpha value is -6.22. The molecule has 4 bridgehead atoms. The van der Waals surface area contributed by atoms with Gasteiger partial charge in [0.2, 0.25) is 0 Å². The highest BCUT2D eigenvalue weighted by Crippen LogP contribution is 2.70. The third-order valence-corrected chi connectivity index (χ3v) is 17.8. The summed E-state index contributed by atoms with van der Waals surface area (Å²) in [5.74, 6) is 3.24. The quantitative estimate of drug-likeness (QED) is 0.167. The minimum Gasteiger partial charge on any atom is -0.309 e. The predicted molar refractivity (Wildman–Crippen MR) is 266 cm³/mol. The van der Waals surface area contributed by atoms with Crippen molar-refractivity contribution in [3.8, 4) is 44.5 Å². The zero-order valence-electron chi connectivity index (χ0n) is 35.9. The molecule has 1 heterocycles. The summed E-state index contributed by atoms with van der Waals surface area (Å²) in [6.45, 7) is 4.77. The molecule has 1 nitrogen and oxygen atoms in total. The van der Waals surface area contributed by atoms with Crippen molar-refractivity contribution in [2.75, 3.05) is 4.90 Å². The molecule has 304 valence electrons. The maximum absolute atomic E-state index is 2.65. The van der Waals surface area contributed by atoms with Crippen molar-refractivity contribution in [2.24, 2.45) is 23.7 Å². The third kappa shape index (κ3) is 4.99. The summed E-state index contributed by atoms with van der Waals surface area (Å²) in [7, 11) is 0. The molecule has 0 atom stereocenters. The molecular weight excluding hydrogens is 779 g/mol. The molecule has 0 amide bonds. The summed E-state index contributed by atoms with van der Waals surface area (Å²) in [6, 6.07) is 67.5. The molecule has 1 spiro atoms. The van der Waals surface area contributed by atoms with E-state index in [9.17, 15) is 0 Å². The normalized spacial score (nSPS) is 23.0. The lowest BCUT2D eigenvalue weighted by atomic mass is 9.43. The van der Waals surface area contributed by atoms with E-state index in [0.29, 0.717) is 11.8 Å². The Labute approximate surface area is 374 Å². The number of rotatable bonds is 5. The molecule has 0 N–H and O–H groups in total. The molecular formula is C61H49NS. The largest absolute Gasteiger partial charge is 0.309 e. The Bertz CT molecular complexity index is 3300. The first-order chi connectivity index (χ1) is 30.9. The van der Waals surface area contributed by atoms with Gasteiger partial charge in [-0.25, -0.2) is 0 Å². The van der Waals surface area contributed by atoms with Crippen LogP contribution >= 0.6 is 11.3 Å². The van der Waals surface area contributed by atoms with E-state index in [1.54, 1.807) is 11.1 Å². The van der Waals surface area contributed by atoms with E-state index in [-0.39, 0.29) is 10.8 Å². The number of hydrogen-bond donors (Lipinski definition) is 0. The minimum atomic E-state index is -0.0937. The number of nitrogens with zero attached hydrogens (tertiary/aromatic N) is 1. The summed E-state index contributed by atoms with van der Waals surface area (Å²) in [5.41, 5.74) is 20.6. The van der Waals surface area contributed by atoms with Crippen LogP contribution in [0.3, 0.4) is 0 Å². The summed E-state index contributed by atoms with van der Waals surface area (Å²) in [4.78, 5) is 2.56. The molecule has 2 heteroatoms. The van der Waals surface area contributed by atoms with Crippen molar-refractivity contribution >= 4 is 48.6 Å². The van der Waals surface area contributed by atoms with Gasteiger partial charge in [-0.1, -0.05) is 141 Å². The van der Waals surface area contributed by atoms with Crippen LogP contribution in [-0.2, 0) is 10.8 Å². The number of fused-ring (bicyclic) bond motifs is 9. The Morgan fingerprint density at radius 2 is 1.02 bits per heavy atom. The molecule has 9 aromatic rings. The van der Waals surface area contributed by atoms with Gasteiger partial charge in [0.15, 0.2) is 0 Å². The SMILES string of the molecule is CC1(C)c2ccccc2-c2c(N(c3ccc(-c4ccc5c(c4)C4(c6cc(-c7ccccc7)ccc6-5)C5CC6CC(C5)CC4C6)cc3)c3cccc4sc5ccccc5c34)cccc21. The zero-order chi connectivity index (χ0) is 41.6. The van der Waals surface area contributed by atoms with Gasteiger partial charge in [0.1, 0.15) is 0 Å². The van der Waals surface area contributed by atoms with Gasteiger partial charge in [-0.05, 0) is 166 Å². The van der Waals surface area contributed by atoms with Crippen LogP contribution in [-0.4, -0.2) is 0 Å². The van der Waals surface area contributed by atoms with Gasteiger partial charge < -0.3 is 4.90 Å². The van der Waals surface area contributed by atoms with Crippen LogP contribution in [0, 0.1) is 23.7 Å². The molecule has 4 saturated carbocycles. The number of benzene rings is 8. The molecule has 6 aliphatic rings. The van der Waals surface area contributed by atoms with Gasteiger partial charge in [-0.2, -0.15) is 0 Å². The fourth-order valence-electron chi connectivity index (χ4n) is 14.3. The van der Waals surface area contributed by atoms with Gasteiger partial charge >= 0.3 is 0 Å². The first kappa shape index (κ1) is 36.3. The summed E-state index contributed by atoms with van der Waals surface area (Å²) in [5, 5.41) is 2.64. The van der Waals surface area contributed by atoms with Crippen LogP contribution in [0.25, 0.3) is 64.7 Å². The average Bonchev–Trinajstić information content (AvgIpc) is 3.92. The highest BCUT2D eigenvalue weighted by molar-refractivity contribution is 7.26. The highest BCUT2D eigenvalue weighted by atomic mass is 32.1. The fraction of sp³-hybridized carbons (Fsp3) is 0.213. The van der Waals surface area contributed by atoms with Crippen LogP contribution in [0.5, 0.6) is 0 Å². The lowest BCUT2D eigenvalue weighted by molar-refractivity contribution is -0.0399. The van der Waals surface area contributed by atoms with Crippen LogP contribution in [0.1, 0.15) is 68.2 Å². The zero-order valence-corrected chi connectivity index (χ0v) is 36.8. The van der Waals surface area contributed by atoms with Crippen molar-refractivity contribution in [3.05, 3.63) is 198 Å². The topological polar surface area (TPSA) is 3.24 Å². The summed E-state index contributed by atoms with van der Waals surface area (Å²) in [6.07, 6.45) is 6.99. The molecule has 0 saturated heterocycles. The maximum atomic E-state index is 2.65. The Kier molecular flexibility index (Phi) is 7.58. The molecule has 4 fully saturated rings. The monoisotopic (exact) mass is 827 g/mol. The van der Waals surface area contributed by atoms with Crippen LogP contribution in [0.15, 0.2) is 176 Å². The Morgan fingerprint density at radius 3 is 1.75 bits per heavy atom. The molecule has 6 aliphatic carbocycles. The van der Waals surface area contributed by atoms with E-state index in [2.05, 4.69) is 195 Å². The smallest absolute Gasteiger partial charge is 0.0555 e. The minimum absolute atomic E-state index is 0.0926. The molecule has 63 heavy (non-hydrogen) atoms. The van der Waals surface area contributed by atoms with Crippen LogP contribution in [0.2, 0.25) is 0 Å². The molecule has 0 radical (unpaired) electrons. The predicted octanol–water partition coefficient (Wildman–Crippen LogP) is 16.9. The Balaban J connectivity index is 0.931. The molecule has 1 aromatic heterocycles. The third-order valence-electron chi connectivity index (χ3n) is 16.7. The first-order valence-electron chi connectivity index (χ1n) is 23.3. The van der Waals surface area contributed by atoms with E-state index in [4.69, 9.17) is 0 Å². The second-order valence-electron chi connectivity index (χ2n) is 20.1. The van der Waals surface area contributed by atoms with Crippen molar-refractivity contribution in [1.29, 1.82) is 0 Å². The lowest BCUT2D eigenvalue weighted by Crippen LogP contribution is -2.55. The molecule has 8 aromatic carbocycles. The first-order valence-corrected chi connectivity index (χ1v) is 24.2. The average molecular weight is 828 g/mol. The van der Waals surface area contributed by atoms with E-state index >= 15 is 0 Å². The fourth-order valence-corrected chi connectivity index (χ4v) is 15.4. The van der Waals surface area contributed by atoms with Gasteiger partial charge in [-0.15, -0.1) is 11.3 Å². The van der Waals surface area contributed by atoms with Gasteiger partial charge in [0, 0.05) is 42.3 Å². The lowest BCUT2D eigenvalue weighted by Gasteiger charge is -2.61. The van der Waals surface area contributed by atoms with Crippen LogP contribution in [0.4, 0.5) is 17.1 Å². The van der Waals surface area contributed by atoms with Crippen molar-refractivity contribution < 1.29 is 0 Å². The highest BCUT2D eigenvalue weighted by Gasteiger charge is 2.61. The summed E-state index contributed by atoms with van der Waals surface area (Å²) >= 11 is 1.89. The van der Waals surface area contributed by atoms with E-state index in [1.165, 1.54) is 125 Å². The maximum Gasteiger partial charge on any atom is 0.0555 e. The van der Waals surface area contributed by atoms with E-state index < -0.39 is 0 Å². The Morgan fingerprint density at radius 1 is 0.444 bits per heavy atom.